The van der Waals surface area contributed by atoms with Crippen LogP contribution in [-0.4, -0.2) is 34.9 Å². The molecule has 184 valence electrons. The second-order valence-corrected chi connectivity index (χ2v) is 9.69. The van der Waals surface area contributed by atoms with E-state index in [1.807, 2.05) is 0 Å². The number of nitro groups is 1. The average molecular weight is 481 g/mol. The number of nitro benzene ring substituents is 1. The van der Waals surface area contributed by atoms with Crippen molar-refractivity contribution in [3.63, 3.8) is 0 Å². The number of para-hydroxylation sites is 1. The van der Waals surface area contributed by atoms with E-state index < -0.39 is 22.8 Å². The molecule has 1 aromatic carbocycles. The van der Waals surface area contributed by atoms with Crippen molar-refractivity contribution in [1.29, 1.82) is 0 Å². The molecular weight excluding hydrogens is 444 g/mol. The number of quaternary nitrogens is 1. The Morgan fingerprint density at radius 2 is 1.61 bits per heavy atom. The minimum absolute atomic E-state index is 0.0503. The number of primary amides is 1. The van der Waals surface area contributed by atoms with E-state index in [-0.39, 0.29) is 23.4 Å². The Bertz CT molecular complexity index is 751. The fourth-order valence-corrected chi connectivity index (χ4v) is 5.26. The number of nitrogens with one attached hydrogen (secondary N) is 1. The van der Waals surface area contributed by atoms with Crippen molar-refractivity contribution in [2.45, 2.75) is 100 Å². The summed E-state index contributed by atoms with van der Waals surface area (Å²) in [6.45, 7) is 0. The number of hydrogen-bond acceptors (Lipinski definition) is 7. The van der Waals surface area contributed by atoms with Crippen LogP contribution in [0.4, 0.5) is 5.69 Å². The van der Waals surface area contributed by atoms with Gasteiger partial charge in [-0.05, 0) is 75.8 Å². The van der Waals surface area contributed by atoms with E-state index in [1.165, 1.54) is 82.4 Å². The first-order valence-electron chi connectivity index (χ1n) is 11.9. The monoisotopic (exact) mass is 480 g/mol. The molecule has 33 heavy (non-hydrogen) atoms. The molecule has 2 aliphatic rings. The third-order valence-electron chi connectivity index (χ3n) is 6.18. The van der Waals surface area contributed by atoms with Gasteiger partial charge in [-0.15, -0.1) is 0 Å². The summed E-state index contributed by atoms with van der Waals surface area (Å²) in [5.74, 6) is -2.04. The second-order valence-electron chi connectivity index (χ2n) is 8.81. The smallest absolute Gasteiger partial charge is 0.284 e. The Hall–Kier alpha value is -2.17. The standard InChI is InChI=1S/C12H23N.C11H13N3O5S/c1-3-7-11(8-4-1)13-12-9-5-2-6-10-12;12-10(15)6-5-7(11(16)17)13-20-9-4-2-1-3-8(9)14(18)19/h11-13H,1-10H2;1-4,7,13H,5-6H2,(H2,12,15)(H,16,17)/t;7-/m.1/s1. The van der Waals surface area contributed by atoms with Crippen LogP contribution in [0.2, 0.25) is 0 Å². The van der Waals surface area contributed by atoms with Gasteiger partial charge in [-0.3, -0.25) is 19.6 Å². The summed E-state index contributed by atoms with van der Waals surface area (Å²) in [7, 11) is 0. The van der Waals surface area contributed by atoms with Crippen LogP contribution in [0, 0.1) is 10.1 Å². The van der Waals surface area contributed by atoms with Gasteiger partial charge in [0.25, 0.3) is 5.69 Å². The summed E-state index contributed by atoms with van der Waals surface area (Å²) >= 11 is 0.799. The number of carbonyl (C=O) groups is 2. The highest BCUT2D eigenvalue weighted by Gasteiger charge is 2.22. The first-order chi connectivity index (χ1) is 15.9. The molecule has 0 aliphatic heterocycles. The van der Waals surface area contributed by atoms with Gasteiger partial charge < -0.3 is 21.0 Å². The molecule has 0 spiro atoms. The highest BCUT2D eigenvalue weighted by atomic mass is 32.2. The van der Waals surface area contributed by atoms with Gasteiger partial charge in [0.15, 0.2) is 0 Å². The van der Waals surface area contributed by atoms with Gasteiger partial charge in [0.1, 0.15) is 4.90 Å². The Morgan fingerprint density at radius 3 is 2.09 bits per heavy atom. The predicted octanol–water partition coefficient (Wildman–Crippen LogP) is 1.79. The summed E-state index contributed by atoms with van der Waals surface area (Å²) in [6, 6.07) is 6.75. The summed E-state index contributed by atoms with van der Waals surface area (Å²) in [4.78, 5) is 32.0. The fraction of sp³-hybridized carbons (Fsp3) is 0.652. The molecule has 2 fully saturated rings. The van der Waals surface area contributed by atoms with Crippen molar-refractivity contribution in [3.8, 4) is 0 Å². The lowest BCUT2D eigenvalue weighted by molar-refractivity contribution is -0.725. The van der Waals surface area contributed by atoms with E-state index in [2.05, 4.69) is 10.0 Å². The van der Waals surface area contributed by atoms with Crippen molar-refractivity contribution in [2.75, 3.05) is 0 Å². The first-order valence-corrected chi connectivity index (χ1v) is 12.7. The molecule has 0 unspecified atom stereocenters. The molecule has 0 bridgehead atoms. The predicted molar refractivity (Wildman–Crippen MR) is 125 cm³/mol. The SMILES string of the molecule is C1CCC([NH2+]C2CCCCC2)CC1.NC(=O)CC[C@@H](NSc1ccccc1[N+](=O)[O-])C(=O)[O-]. The molecule has 0 heterocycles. The first kappa shape index (κ1) is 27.1. The molecule has 10 heteroatoms. The number of carbonyl (C=O) groups excluding carboxylic acids is 2. The maximum atomic E-state index is 10.9. The van der Waals surface area contributed by atoms with Crippen LogP contribution in [0.15, 0.2) is 29.2 Å². The number of nitrogens with two attached hydrogens (primary N) is 2. The lowest BCUT2D eigenvalue weighted by atomic mass is 9.91. The van der Waals surface area contributed by atoms with E-state index in [0.29, 0.717) is 0 Å². The van der Waals surface area contributed by atoms with Crippen molar-refractivity contribution in [2.24, 2.45) is 5.73 Å². The van der Waals surface area contributed by atoms with E-state index in [1.54, 1.807) is 6.07 Å². The zero-order valence-corrected chi connectivity index (χ0v) is 19.9. The molecule has 1 aromatic rings. The Labute approximate surface area is 199 Å². The maximum Gasteiger partial charge on any atom is 0.284 e. The second kappa shape index (κ2) is 14.9. The average Bonchev–Trinajstić information content (AvgIpc) is 2.80. The van der Waals surface area contributed by atoms with E-state index >= 15 is 0 Å². The molecule has 1 amide bonds. The van der Waals surface area contributed by atoms with Gasteiger partial charge in [0, 0.05) is 12.5 Å². The minimum Gasteiger partial charge on any atom is -0.548 e. The van der Waals surface area contributed by atoms with E-state index in [9.17, 15) is 24.8 Å². The topological polar surface area (TPSA) is 155 Å². The van der Waals surface area contributed by atoms with Gasteiger partial charge in [-0.2, -0.15) is 0 Å². The lowest BCUT2D eigenvalue weighted by Gasteiger charge is -2.27. The number of carboxylic acids is 1. The molecule has 1 atom stereocenters. The van der Waals surface area contributed by atoms with Crippen LogP contribution in [-0.2, 0) is 9.59 Å². The molecule has 0 saturated heterocycles. The highest BCUT2D eigenvalue weighted by molar-refractivity contribution is 7.97. The van der Waals surface area contributed by atoms with Crippen LogP contribution in [0.3, 0.4) is 0 Å². The Morgan fingerprint density at radius 1 is 1.06 bits per heavy atom. The summed E-state index contributed by atoms with van der Waals surface area (Å²) in [6.07, 6.45) is 14.8. The van der Waals surface area contributed by atoms with Crippen molar-refractivity contribution in [3.05, 3.63) is 34.4 Å². The number of aliphatic carboxylic acids is 1. The maximum absolute atomic E-state index is 10.9. The van der Waals surface area contributed by atoms with E-state index in [0.717, 1.165) is 24.0 Å². The number of rotatable bonds is 10. The number of hydrogen-bond donors (Lipinski definition) is 3. The van der Waals surface area contributed by atoms with Crippen molar-refractivity contribution in [1.82, 2.24) is 4.72 Å². The molecule has 5 N–H and O–H groups in total. The van der Waals surface area contributed by atoms with Gasteiger partial charge >= 0.3 is 0 Å². The number of carboxylic acid groups (broad SMARTS) is 1. The summed E-state index contributed by atoms with van der Waals surface area (Å²) in [5, 5.41) is 24.4. The normalized spacial score (nSPS) is 18.1. The minimum atomic E-state index is -1.41. The molecule has 0 radical (unpaired) electrons. The summed E-state index contributed by atoms with van der Waals surface area (Å²) < 4.78 is 2.53. The van der Waals surface area contributed by atoms with Crippen molar-refractivity contribution >= 4 is 29.5 Å². The number of amides is 1. The molecule has 0 aromatic heterocycles. The lowest BCUT2D eigenvalue weighted by Crippen LogP contribution is -2.95. The van der Waals surface area contributed by atoms with Crippen LogP contribution < -0.4 is 20.9 Å². The molecule has 3 rings (SSSR count). The van der Waals surface area contributed by atoms with Crippen LogP contribution in [0.25, 0.3) is 0 Å². The largest absolute Gasteiger partial charge is 0.548 e. The van der Waals surface area contributed by atoms with Gasteiger partial charge in [0.2, 0.25) is 5.91 Å². The number of nitrogens with zero attached hydrogens (tertiary/aromatic N) is 1. The van der Waals surface area contributed by atoms with Crippen molar-refractivity contribution < 1.29 is 24.9 Å². The molecule has 2 aliphatic carbocycles. The summed E-state index contributed by atoms with van der Waals surface area (Å²) in [5.41, 5.74) is 4.79. The fourth-order valence-electron chi connectivity index (χ4n) is 4.38. The Kier molecular flexibility index (Phi) is 12.2. The number of benzene rings is 1. The van der Waals surface area contributed by atoms with Gasteiger partial charge in [-0.1, -0.05) is 25.0 Å². The van der Waals surface area contributed by atoms with Crippen LogP contribution in [0.1, 0.15) is 77.0 Å². The van der Waals surface area contributed by atoms with Gasteiger partial charge in [0.05, 0.1) is 29.0 Å². The zero-order valence-electron chi connectivity index (χ0n) is 19.1. The third-order valence-corrected chi connectivity index (χ3v) is 7.15. The Balaban J connectivity index is 0.000000254. The van der Waals surface area contributed by atoms with E-state index in [4.69, 9.17) is 5.73 Å². The third kappa shape index (κ3) is 10.5. The van der Waals surface area contributed by atoms with Crippen LogP contribution in [0.5, 0.6) is 0 Å². The van der Waals surface area contributed by atoms with Crippen LogP contribution >= 0.6 is 11.9 Å². The van der Waals surface area contributed by atoms with Gasteiger partial charge in [-0.25, -0.2) is 0 Å². The zero-order chi connectivity index (χ0) is 24.1. The molecule has 9 nitrogen and oxygen atoms in total. The highest BCUT2D eigenvalue weighted by Crippen LogP contribution is 2.27. The molecule has 2 saturated carbocycles. The molecular formula is C23H36N4O5S. The quantitative estimate of drug-likeness (QED) is 0.262.